The van der Waals surface area contributed by atoms with Gasteiger partial charge in [-0.2, -0.15) is 13.5 Å². The van der Waals surface area contributed by atoms with Crippen molar-refractivity contribution < 1.29 is 18.3 Å². The number of aromatic amines is 1. The number of hydrogen-bond acceptors (Lipinski definition) is 5. The van der Waals surface area contributed by atoms with Gasteiger partial charge in [0.2, 0.25) is 0 Å². The van der Waals surface area contributed by atoms with Crippen LogP contribution in [0.25, 0.3) is 0 Å². The number of aromatic nitrogens is 3. The molecular formula is C9H6BrClN4O4S. The molecule has 2 rings (SSSR count). The van der Waals surface area contributed by atoms with Crippen molar-refractivity contribution in [1.82, 2.24) is 15.2 Å². The molecule has 0 aliphatic carbocycles. The Bertz CT molecular complexity index is 776. The number of nitrogens with zero attached hydrogens (tertiary/aromatic N) is 2. The van der Waals surface area contributed by atoms with Gasteiger partial charge in [-0.05, 0) is 22.0 Å². The van der Waals surface area contributed by atoms with E-state index in [-0.39, 0.29) is 10.8 Å². The van der Waals surface area contributed by atoms with Gasteiger partial charge in [-0.3, -0.25) is 9.82 Å². The summed E-state index contributed by atoms with van der Waals surface area (Å²) in [6.45, 7) is 0. The van der Waals surface area contributed by atoms with Crippen LogP contribution in [0.4, 0.5) is 5.69 Å². The number of rotatable bonds is 4. The number of sulfonamides is 1. The molecule has 8 nitrogen and oxygen atoms in total. The number of halogens is 2. The van der Waals surface area contributed by atoms with E-state index in [9.17, 15) is 13.2 Å². The molecule has 0 aliphatic rings. The summed E-state index contributed by atoms with van der Waals surface area (Å²) in [7, 11) is -4.18. The van der Waals surface area contributed by atoms with E-state index >= 15 is 0 Å². The van der Waals surface area contributed by atoms with Crippen LogP contribution in [0.1, 0.15) is 10.4 Å². The minimum atomic E-state index is -4.18. The number of carboxylic acid groups (broad SMARTS) is 1. The average molecular weight is 382 g/mol. The number of hydrogen-bond donors (Lipinski definition) is 3. The quantitative estimate of drug-likeness (QED) is 0.692. The van der Waals surface area contributed by atoms with Gasteiger partial charge in [-0.15, -0.1) is 0 Å². The van der Waals surface area contributed by atoms with Crippen LogP contribution in [0.2, 0.25) is 5.15 Å². The van der Waals surface area contributed by atoms with Gasteiger partial charge in [0, 0.05) is 10.7 Å². The zero-order valence-electron chi connectivity index (χ0n) is 9.46. The fraction of sp³-hybridized carbons (Fsp3) is 0. The third-order valence-corrected chi connectivity index (χ3v) is 4.23. The smallest absolute Gasteiger partial charge is 0.340 e. The second-order valence-corrected chi connectivity index (χ2v) is 6.41. The van der Waals surface area contributed by atoms with Gasteiger partial charge in [0.05, 0.1) is 11.9 Å². The molecular weight excluding hydrogens is 376 g/mol. The molecule has 11 heteroatoms. The lowest BCUT2D eigenvalue weighted by molar-refractivity contribution is 0.0692. The van der Waals surface area contributed by atoms with Crippen molar-refractivity contribution in [2.24, 2.45) is 0 Å². The fourth-order valence-corrected chi connectivity index (χ4v) is 3.01. The first-order valence-corrected chi connectivity index (χ1v) is 7.57. The van der Waals surface area contributed by atoms with Gasteiger partial charge < -0.3 is 5.11 Å². The minimum Gasteiger partial charge on any atom is -0.478 e. The van der Waals surface area contributed by atoms with Crippen molar-refractivity contribution in [2.75, 3.05) is 4.72 Å². The SMILES string of the molecule is O=C(O)c1cn[nH]c1S(=O)(=O)Nc1cc(Br)cnc1Cl. The molecule has 0 fully saturated rings. The number of pyridine rings is 1. The first-order chi connectivity index (χ1) is 9.31. The molecule has 0 radical (unpaired) electrons. The van der Waals surface area contributed by atoms with Gasteiger partial charge in [-0.25, -0.2) is 9.78 Å². The predicted octanol–water partition coefficient (Wildman–Crippen LogP) is 1.72. The normalized spacial score (nSPS) is 11.3. The van der Waals surface area contributed by atoms with E-state index in [2.05, 4.69) is 35.8 Å². The van der Waals surface area contributed by atoms with E-state index in [0.717, 1.165) is 6.20 Å². The van der Waals surface area contributed by atoms with Gasteiger partial charge in [0.25, 0.3) is 10.0 Å². The number of anilines is 1. The zero-order chi connectivity index (χ0) is 14.9. The maximum Gasteiger partial charge on any atom is 0.340 e. The monoisotopic (exact) mass is 380 g/mol. The molecule has 0 aliphatic heterocycles. The lowest BCUT2D eigenvalue weighted by atomic mass is 10.4. The van der Waals surface area contributed by atoms with Crippen molar-refractivity contribution in [3.05, 3.63) is 33.6 Å². The van der Waals surface area contributed by atoms with Crippen molar-refractivity contribution in [3.8, 4) is 0 Å². The van der Waals surface area contributed by atoms with E-state index < -0.39 is 26.6 Å². The van der Waals surface area contributed by atoms with E-state index in [1.807, 2.05) is 0 Å². The Balaban J connectivity index is 2.44. The summed E-state index contributed by atoms with van der Waals surface area (Å²) < 4.78 is 26.8. The van der Waals surface area contributed by atoms with Gasteiger partial charge in [0.15, 0.2) is 10.2 Å². The van der Waals surface area contributed by atoms with E-state index in [0.29, 0.717) is 4.47 Å². The fourth-order valence-electron chi connectivity index (χ4n) is 1.32. The summed E-state index contributed by atoms with van der Waals surface area (Å²) >= 11 is 8.89. The summed E-state index contributed by atoms with van der Waals surface area (Å²) in [4.78, 5) is 14.7. The first-order valence-electron chi connectivity index (χ1n) is 4.92. The Morgan fingerprint density at radius 1 is 1.45 bits per heavy atom. The maximum atomic E-state index is 12.1. The second-order valence-electron chi connectivity index (χ2n) is 3.52. The molecule has 106 valence electrons. The molecule has 2 aromatic rings. The van der Waals surface area contributed by atoms with Gasteiger partial charge >= 0.3 is 5.97 Å². The molecule has 3 N–H and O–H groups in total. The summed E-state index contributed by atoms with van der Waals surface area (Å²) in [6, 6.07) is 1.39. The highest BCUT2D eigenvalue weighted by molar-refractivity contribution is 9.10. The number of nitrogens with one attached hydrogen (secondary N) is 2. The van der Waals surface area contributed by atoms with Crippen LogP contribution in [0.5, 0.6) is 0 Å². The van der Waals surface area contributed by atoms with Crippen molar-refractivity contribution in [1.29, 1.82) is 0 Å². The molecule has 2 aromatic heterocycles. The second kappa shape index (κ2) is 5.38. The molecule has 0 amide bonds. The van der Waals surface area contributed by atoms with Crippen molar-refractivity contribution in [2.45, 2.75) is 5.03 Å². The Hall–Kier alpha value is -1.65. The Kier molecular flexibility index (Phi) is 3.97. The molecule has 0 unspecified atom stereocenters. The van der Waals surface area contributed by atoms with Crippen molar-refractivity contribution >= 4 is 49.2 Å². The highest BCUT2D eigenvalue weighted by atomic mass is 79.9. The van der Waals surface area contributed by atoms with Crippen LogP contribution >= 0.6 is 27.5 Å². The van der Waals surface area contributed by atoms with E-state index in [4.69, 9.17) is 16.7 Å². The first kappa shape index (κ1) is 14.8. The maximum absolute atomic E-state index is 12.1. The largest absolute Gasteiger partial charge is 0.478 e. The highest BCUT2D eigenvalue weighted by Gasteiger charge is 2.25. The van der Waals surface area contributed by atoms with Crippen LogP contribution in [0, 0.1) is 0 Å². The van der Waals surface area contributed by atoms with Crippen LogP contribution < -0.4 is 4.72 Å². The van der Waals surface area contributed by atoms with Crippen LogP contribution in [0.15, 0.2) is 28.0 Å². The standard InChI is InChI=1S/C9H6BrClN4O4S/c10-4-1-6(7(11)12-2-4)15-20(18,19)8-5(9(16)17)3-13-14-8/h1-3,15H,(H,13,14)(H,16,17). The number of carbonyl (C=O) groups is 1. The highest BCUT2D eigenvalue weighted by Crippen LogP contribution is 2.26. The third kappa shape index (κ3) is 2.92. The van der Waals surface area contributed by atoms with Crippen LogP contribution in [0.3, 0.4) is 0 Å². The summed E-state index contributed by atoms with van der Waals surface area (Å²) in [5.74, 6) is -1.42. The molecule has 20 heavy (non-hydrogen) atoms. The Morgan fingerprint density at radius 2 is 2.15 bits per heavy atom. The van der Waals surface area contributed by atoms with E-state index in [1.54, 1.807) is 0 Å². The molecule has 0 saturated heterocycles. The number of carboxylic acids is 1. The van der Waals surface area contributed by atoms with E-state index in [1.165, 1.54) is 12.3 Å². The van der Waals surface area contributed by atoms with Gasteiger partial charge in [0.1, 0.15) is 5.56 Å². The summed E-state index contributed by atoms with van der Waals surface area (Å²) in [6.07, 6.45) is 2.29. The lowest BCUT2D eigenvalue weighted by Gasteiger charge is -2.08. The summed E-state index contributed by atoms with van der Waals surface area (Å²) in [5.41, 5.74) is -0.469. The Labute approximate surface area is 126 Å². The van der Waals surface area contributed by atoms with Crippen LogP contribution in [-0.2, 0) is 10.0 Å². The van der Waals surface area contributed by atoms with Crippen molar-refractivity contribution in [3.63, 3.8) is 0 Å². The molecule has 0 saturated carbocycles. The molecule has 0 bridgehead atoms. The lowest BCUT2D eigenvalue weighted by Crippen LogP contribution is -2.17. The molecule has 2 heterocycles. The van der Waals surface area contributed by atoms with Gasteiger partial charge in [-0.1, -0.05) is 11.6 Å². The Morgan fingerprint density at radius 3 is 2.80 bits per heavy atom. The number of H-pyrrole nitrogens is 1. The topological polar surface area (TPSA) is 125 Å². The number of aromatic carboxylic acids is 1. The average Bonchev–Trinajstić information content (AvgIpc) is 2.83. The molecule has 0 atom stereocenters. The zero-order valence-corrected chi connectivity index (χ0v) is 12.6. The minimum absolute atomic E-state index is 0.00646. The third-order valence-electron chi connectivity index (χ3n) is 2.15. The van der Waals surface area contributed by atoms with Crippen LogP contribution in [-0.4, -0.2) is 34.7 Å². The molecule has 0 spiro atoms. The predicted molar refractivity (Wildman–Crippen MR) is 73.3 cm³/mol. The molecule has 0 aromatic carbocycles. The summed E-state index contributed by atoms with van der Waals surface area (Å²) in [5, 5.41) is 13.8.